The molecule has 0 bridgehead atoms. The molecule has 0 aliphatic carbocycles. The predicted octanol–water partition coefficient (Wildman–Crippen LogP) is 3.05. The van der Waals surface area contributed by atoms with Crippen molar-refractivity contribution in [1.29, 1.82) is 0 Å². The van der Waals surface area contributed by atoms with E-state index in [1.165, 1.54) is 19.2 Å². The van der Waals surface area contributed by atoms with Crippen molar-refractivity contribution in [3.63, 3.8) is 0 Å². The lowest BCUT2D eigenvalue weighted by atomic mass is 9.94. The molecule has 5 heteroatoms. The van der Waals surface area contributed by atoms with E-state index in [9.17, 15) is 14.0 Å². The van der Waals surface area contributed by atoms with Crippen molar-refractivity contribution in [2.75, 3.05) is 20.2 Å². The van der Waals surface area contributed by atoms with Crippen LogP contribution in [0.15, 0.2) is 24.3 Å². The molecule has 4 nitrogen and oxygen atoms in total. The molecule has 0 radical (unpaired) electrons. The molecule has 0 heterocycles. The number of halogens is 1. The molecule has 0 aliphatic heterocycles. The third-order valence-electron chi connectivity index (χ3n) is 3.61. The number of esters is 1. The number of carbonyl (C=O) groups is 2. The Bertz CT molecular complexity index is 534. The minimum atomic E-state index is -0.529. The minimum absolute atomic E-state index is 0.0182. The molecule has 1 atom stereocenters. The van der Waals surface area contributed by atoms with Crippen LogP contribution in [0.5, 0.6) is 0 Å². The van der Waals surface area contributed by atoms with Crippen molar-refractivity contribution < 1.29 is 18.7 Å². The van der Waals surface area contributed by atoms with E-state index < -0.39 is 5.41 Å². The summed E-state index contributed by atoms with van der Waals surface area (Å²) in [6, 6.07) is 6.22. The summed E-state index contributed by atoms with van der Waals surface area (Å²) < 4.78 is 17.7. The Morgan fingerprint density at radius 2 is 1.78 bits per heavy atom. The summed E-state index contributed by atoms with van der Waals surface area (Å²) in [5.74, 6) is -1.02. The molecule has 0 aromatic heterocycles. The maximum Gasteiger partial charge on any atom is 0.310 e. The second-order valence-electron chi connectivity index (χ2n) is 6.80. The van der Waals surface area contributed by atoms with Gasteiger partial charge in [0, 0.05) is 18.5 Å². The molecular formula is C18H26FNO3. The van der Waals surface area contributed by atoms with Gasteiger partial charge in [0.1, 0.15) is 5.82 Å². The molecule has 128 valence electrons. The number of hydrogen-bond acceptors (Lipinski definition) is 3. The average Bonchev–Trinajstić information content (AvgIpc) is 2.50. The van der Waals surface area contributed by atoms with Gasteiger partial charge in [0.2, 0.25) is 5.91 Å². The topological polar surface area (TPSA) is 46.6 Å². The molecule has 0 fully saturated rings. The van der Waals surface area contributed by atoms with E-state index >= 15 is 0 Å². The van der Waals surface area contributed by atoms with E-state index in [1.807, 2.05) is 20.8 Å². The smallest absolute Gasteiger partial charge is 0.310 e. The highest BCUT2D eigenvalue weighted by Gasteiger charge is 2.29. The number of nitrogens with zero attached hydrogens (tertiary/aromatic N) is 1. The van der Waals surface area contributed by atoms with Crippen molar-refractivity contribution in [3.8, 4) is 0 Å². The third kappa shape index (κ3) is 6.00. The van der Waals surface area contributed by atoms with Gasteiger partial charge in [-0.05, 0) is 24.1 Å². The third-order valence-corrected chi connectivity index (χ3v) is 3.61. The molecule has 23 heavy (non-hydrogen) atoms. The zero-order chi connectivity index (χ0) is 17.6. The Morgan fingerprint density at radius 1 is 1.22 bits per heavy atom. The fourth-order valence-electron chi connectivity index (χ4n) is 2.27. The molecule has 0 saturated heterocycles. The number of rotatable bonds is 6. The Hall–Kier alpha value is -1.91. The van der Waals surface area contributed by atoms with Crippen LogP contribution in [0, 0.1) is 17.2 Å². The van der Waals surface area contributed by atoms with Crippen LogP contribution < -0.4 is 0 Å². The van der Waals surface area contributed by atoms with Gasteiger partial charge in [-0.25, -0.2) is 4.39 Å². The molecule has 1 aromatic carbocycles. The number of carbonyl (C=O) groups excluding carboxylic acids is 2. The molecule has 0 aliphatic rings. The average molecular weight is 323 g/mol. The number of ether oxygens (including phenoxy) is 1. The summed E-state index contributed by atoms with van der Waals surface area (Å²) in [6.07, 6.45) is 0.607. The molecular weight excluding hydrogens is 297 g/mol. The van der Waals surface area contributed by atoms with Crippen LogP contribution in [0.4, 0.5) is 4.39 Å². The van der Waals surface area contributed by atoms with Crippen molar-refractivity contribution >= 4 is 11.9 Å². The lowest BCUT2D eigenvalue weighted by molar-refractivity contribution is -0.148. The van der Waals surface area contributed by atoms with E-state index in [-0.39, 0.29) is 23.6 Å². The zero-order valence-corrected chi connectivity index (χ0v) is 14.6. The fraction of sp³-hybridized carbons (Fsp3) is 0.556. The van der Waals surface area contributed by atoms with Gasteiger partial charge in [0.15, 0.2) is 0 Å². The predicted molar refractivity (Wildman–Crippen MR) is 87.3 cm³/mol. The number of amides is 1. The van der Waals surface area contributed by atoms with Crippen LogP contribution in [0.1, 0.15) is 33.3 Å². The Kier molecular flexibility index (Phi) is 6.73. The highest BCUT2D eigenvalue weighted by Crippen LogP contribution is 2.19. The van der Waals surface area contributed by atoms with Crippen LogP contribution in [0.25, 0.3) is 0 Å². The maximum atomic E-state index is 13.0. The van der Waals surface area contributed by atoms with Crippen molar-refractivity contribution in [1.82, 2.24) is 4.90 Å². The second-order valence-corrected chi connectivity index (χ2v) is 6.80. The van der Waals surface area contributed by atoms with E-state index in [4.69, 9.17) is 4.74 Å². The summed E-state index contributed by atoms with van der Waals surface area (Å²) >= 11 is 0. The summed E-state index contributed by atoms with van der Waals surface area (Å²) in [5.41, 5.74) is 0.419. The van der Waals surface area contributed by atoms with Gasteiger partial charge >= 0.3 is 5.97 Å². The first-order valence-corrected chi connectivity index (χ1v) is 7.76. The molecule has 1 unspecified atom stereocenters. The van der Waals surface area contributed by atoms with Gasteiger partial charge in [-0.15, -0.1) is 0 Å². The number of benzene rings is 1. The molecule has 0 N–H and O–H groups in total. The van der Waals surface area contributed by atoms with Gasteiger partial charge in [-0.3, -0.25) is 9.59 Å². The lowest BCUT2D eigenvalue weighted by Crippen LogP contribution is -2.44. The molecule has 1 amide bonds. The first-order chi connectivity index (χ1) is 10.6. The summed E-state index contributed by atoms with van der Waals surface area (Å²) in [4.78, 5) is 25.9. The fourth-order valence-corrected chi connectivity index (χ4v) is 2.27. The van der Waals surface area contributed by atoms with E-state index in [0.717, 1.165) is 5.56 Å². The standard InChI is InChI=1S/C18H26FNO3/c1-13(16(21)23-5)12-20(17(22)18(2,3)4)11-10-14-6-8-15(19)9-7-14/h6-9,13H,10-12H2,1-5H3. The van der Waals surface area contributed by atoms with Gasteiger partial charge < -0.3 is 9.64 Å². The second kappa shape index (κ2) is 8.09. The van der Waals surface area contributed by atoms with Crippen LogP contribution in [0.2, 0.25) is 0 Å². The van der Waals surface area contributed by atoms with Gasteiger partial charge in [-0.1, -0.05) is 39.8 Å². The van der Waals surface area contributed by atoms with E-state index in [1.54, 1.807) is 24.0 Å². The SMILES string of the molecule is COC(=O)C(C)CN(CCc1ccc(F)cc1)C(=O)C(C)(C)C. The van der Waals surface area contributed by atoms with Gasteiger partial charge in [0.25, 0.3) is 0 Å². The van der Waals surface area contributed by atoms with Crippen LogP contribution in [0.3, 0.4) is 0 Å². The van der Waals surface area contributed by atoms with Gasteiger partial charge in [0.05, 0.1) is 13.0 Å². The number of hydrogen-bond donors (Lipinski definition) is 0. The molecule has 1 rings (SSSR count). The Balaban J connectivity index is 2.80. The minimum Gasteiger partial charge on any atom is -0.469 e. The number of methoxy groups -OCH3 is 1. The molecule has 0 saturated carbocycles. The zero-order valence-electron chi connectivity index (χ0n) is 14.6. The van der Waals surface area contributed by atoms with E-state index in [0.29, 0.717) is 19.5 Å². The van der Waals surface area contributed by atoms with Crippen molar-refractivity contribution in [3.05, 3.63) is 35.6 Å². The van der Waals surface area contributed by atoms with Crippen LogP contribution in [-0.2, 0) is 20.7 Å². The van der Waals surface area contributed by atoms with Gasteiger partial charge in [-0.2, -0.15) is 0 Å². The van der Waals surface area contributed by atoms with Crippen LogP contribution >= 0.6 is 0 Å². The monoisotopic (exact) mass is 323 g/mol. The maximum absolute atomic E-state index is 13.0. The summed E-state index contributed by atoms with van der Waals surface area (Å²) in [7, 11) is 1.34. The summed E-state index contributed by atoms with van der Waals surface area (Å²) in [5, 5.41) is 0. The Labute approximate surface area is 137 Å². The highest BCUT2D eigenvalue weighted by molar-refractivity contribution is 5.82. The Morgan fingerprint density at radius 3 is 2.26 bits per heavy atom. The largest absolute Gasteiger partial charge is 0.469 e. The highest BCUT2D eigenvalue weighted by atomic mass is 19.1. The van der Waals surface area contributed by atoms with Crippen molar-refractivity contribution in [2.45, 2.75) is 34.1 Å². The quantitative estimate of drug-likeness (QED) is 0.756. The summed E-state index contributed by atoms with van der Waals surface area (Å²) in [6.45, 7) is 8.08. The van der Waals surface area contributed by atoms with Crippen molar-refractivity contribution in [2.24, 2.45) is 11.3 Å². The molecule has 0 spiro atoms. The molecule has 1 aromatic rings. The first kappa shape index (κ1) is 19.1. The lowest BCUT2D eigenvalue weighted by Gasteiger charge is -2.31. The van der Waals surface area contributed by atoms with Crippen LogP contribution in [-0.4, -0.2) is 37.0 Å². The first-order valence-electron chi connectivity index (χ1n) is 7.76. The normalized spacial score (nSPS) is 12.6. The van der Waals surface area contributed by atoms with E-state index in [2.05, 4.69) is 0 Å².